The Morgan fingerprint density at radius 2 is 1.89 bits per heavy atom. The number of hydrogen-bond acceptors (Lipinski definition) is 4. The zero-order chi connectivity index (χ0) is 19.7. The van der Waals surface area contributed by atoms with E-state index in [1.54, 1.807) is 12.1 Å². The molecule has 0 saturated heterocycles. The number of thiophene rings is 1. The van der Waals surface area contributed by atoms with E-state index in [-0.39, 0.29) is 17.7 Å². The summed E-state index contributed by atoms with van der Waals surface area (Å²) >= 11 is 1.30. The summed E-state index contributed by atoms with van der Waals surface area (Å²) in [6.07, 6.45) is 0.316. The molecule has 3 aromatic rings. The minimum atomic E-state index is -0.184. The number of nitriles is 1. The molecule has 1 atom stereocenters. The van der Waals surface area contributed by atoms with Gasteiger partial charge in [-0.25, -0.2) is 0 Å². The van der Waals surface area contributed by atoms with Gasteiger partial charge in [0.15, 0.2) is 0 Å². The van der Waals surface area contributed by atoms with Gasteiger partial charge in [-0.15, -0.1) is 11.3 Å². The van der Waals surface area contributed by atoms with E-state index in [9.17, 15) is 9.59 Å². The van der Waals surface area contributed by atoms with Gasteiger partial charge in [-0.05, 0) is 47.9 Å². The van der Waals surface area contributed by atoms with Crippen molar-refractivity contribution in [3.63, 3.8) is 0 Å². The lowest BCUT2D eigenvalue weighted by Gasteiger charge is -2.24. The van der Waals surface area contributed by atoms with Crippen LogP contribution in [-0.4, -0.2) is 11.8 Å². The summed E-state index contributed by atoms with van der Waals surface area (Å²) in [7, 11) is 0. The summed E-state index contributed by atoms with van der Waals surface area (Å²) in [5.41, 5.74) is 4.13. The third-order valence-corrected chi connectivity index (χ3v) is 6.09. The molecule has 138 valence electrons. The SMILES string of the molecule is Cc1c(C(=O)Nc2ccccc2)sc2c1C(c1ccc(C#N)cc1)CC(=O)N2. The van der Waals surface area contributed by atoms with Crippen LogP contribution in [0.3, 0.4) is 0 Å². The molecule has 2 amide bonds. The van der Waals surface area contributed by atoms with Crippen molar-refractivity contribution in [1.29, 1.82) is 5.26 Å². The lowest BCUT2D eigenvalue weighted by atomic mass is 9.84. The molecular weight excluding hydrogens is 370 g/mol. The van der Waals surface area contributed by atoms with Crippen LogP contribution in [-0.2, 0) is 4.79 Å². The summed E-state index contributed by atoms with van der Waals surface area (Å²) < 4.78 is 0. The molecule has 0 spiro atoms. The number of hydrogen-bond donors (Lipinski definition) is 2. The topological polar surface area (TPSA) is 82.0 Å². The Bertz CT molecular complexity index is 1100. The average Bonchev–Trinajstić information content (AvgIpc) is 3.04. The highest BCUT2D eigenvalue weighted by Gasteiger charge is 2.32. The predicted octanol–water partition coefficient (Wildman–Crippen LogP) is 4.65. The van der Waals surface area contributed by atoms with Crippen molar-refractivity contribution in [1.82, 2.24) is 0 Å². The van der Waals surface area contributed by atoms with Crippen LogP contribution in [0, 0.1) is 18.3 Å². The standard InChI is InChI=1S/C22H17N3O2S/c1-13-19-17(15-9-7-14(12-23)8-10-15)11-18(26)25-22(19)28-20(13)21(27)24-16-5-3-2-4-6-16/h2-10,17H,11H2,1H3,(H,24,27)(H,25,26). The second kappa shape index (κ2) is 7.29. The van der Waals surface area contributed by atoms with Crippen LogP contribution in [0.15, 0.2) is 54.6 Å². The van der Waals surface area contributed by atoms with Crippen LogP contribution in [0.5, 0.6) is 0 Å². The zero-order valence-electron chi connectivity index (χ0n) is 15.2. The molecule has 28 heavy (non-hydrogen) atoms. The minimum absolute atomic E-state index is 0.0712. The molecule has 1 aliphatic rings. The Labute approximate surface area is 166 Å². The molecule has 0 bridgehead atoms. The van der Waals surface area contributed by atoms with Crippen molar-refractivity contribution in [2.45, 2.75) is 19.3 Å². The molecule has 2 N–H and O–H groups in total. The van der Waals surface area contributed by atoms with E-state index in [1.165, 1.54) is 11.3 Å². The Morgan fingerprint density at radius 3 is 2.57 bits per heavy atom. The van der Waals surface area contributed by atoms with Gasteiger partial charge in [-0.1, -0.05) is 30.3 Å². The van der Waals surface area contributed by atoms with E-state index >= 15 is 0 Å². The Balaban J connectivity index is 1.71. The highest BCUT2D eigenvalue weighted by atomic mass is 32.1. The van der Waals surface area contributed by atoms with Gasteiger partial charge in [0.1, 0.15) is 0 Å². The molecule has 1 aliphatic heterocycles. The number of carbonyl (C=O) groups is 2. The van der Waals surface area contributed by atoms with E-state index in [2.05, 4.69) is 16.7 Å². The number of amides is 2. The molecule has 0 fully saturated rings. The van der Waals surface area contributed by atoms with Gasteiger partial charge in [0.05, 0.1) is 21.5 Å². The summed E-state index contributed by atoms with van der Waals surface area (Å²) in [6, 6.07) is 18.7. The van der Waals surface area contributed by atoms with Crippen LogP contribution in [0.1, 0.15) is 44.3 Å². The third-order valence-electron chi connectivity index (χ3n) is 4.86. The normalized spacial score (nSPS) is 15.3. The van der Waals surface area contributed by atoms with Crippen molar-refractivity contribution >= 4 is 33.8 Å². The number of nitrogens with zero attached hydrogens (tertiary/aromatic N) is 1. The lowest BCUT2D eigenvalue weighted by molar-refractivity contribution is -0.116. The van der Waals surface area contributed by atoms with Gasteiger partial charge in [-0.2, -0.15) is 5.26 Å². The van der Waals surface area contributed by atoms with Crippen LogP contribution in [0.25, 0.3) is 0 Å². The molecule has 5 nitrogen and oxygen atoms in total. The molecule has 0 aliphatic carbocycles. The fraction of sp³-hybridized carbons (Fsp3) is 0.136. The quantitative estimate of drug-likeness (QED) is 0.686. The second-order valence-corrected chi connectivity index (χ2v) is 7.68. The van der Waals surface area contributed by atoms with Crippen molar-refractivity contribution < 1.29 is 9.59 Å². The molecular formula is C22H17N3O2S. The smallest absolute Gasteiger partial charge is 0.266 e. The van der Waals surface area contributed by atoms with Gasteiger partial charge in [0, 0.05) is 18.0 Å². The first-order valence-electron chi connectivity index (χ1n) is 8.86. The monoisotopic (exact) mass is 387 g/mol. The van der Waals surface area contributed by atoms with Gasteiger partial charge in [0.25, 0.3) is 5.91 Å². The number of anilines is 2. The highest BCUT2D eigenvalue weighted by molar-refractivity contribution is 7.18. The van der Waals surface area contributed by atoms with Crippen LogP contribution >= 0.6 is 11.3 Å². The second-order valence-electron chi connectivity index (χ2n) is 6.66. The number of benzene rings is 2. The summed E-state index contributed by atoms with van der Waals surface area (Å²) in [6.45, 7) is 1.92. The largest absolute Gasteiger partial charge is 0.321 e. The maximum Gasteiger partial charge on any atom is 0.266 e. The molecule has 2 heterocycles. The Kier molecular flexibility index (Phi) is 4.68. The van der Waals surface area contributed by atoms with Gasteiger partial charge in [0.2, 0.25) is 5.91 Å². The van der Waals surface area contributed by atoms with E-state index in [0.717, 1.165) is 27.4 Å². The third kappa shape index (κ3) is 3.28. The van der Waals surface area contributed by atoms with Crippen LogP contribution < -0.4 is 10.6 Å². The first kappa shape index (κ1) is 18.0. The first-order valence-corrected chi connectivity index (χ1v) is 9.68. The van der Waals surface area contributed by atoms with Crippen LogP contribution in [0.4, 0.5) is 10.7 Å². The van der Waals surface area contributed by atoms with Crippen molar-refractivity contribution in [2.75, 3.05) is 10.6 Å². The summed E-state index contributed by atoms with van der Waals surface area (Å²) in [5.74, 6) is -0.389. The minimum Gasteiger partial charge on any atom is -0.321 e. The molecule has 2 aromatic carbocycles. The summed E-state index contributed by atoms with van der Waals surface area (Å²) in [4.78, 5) is 25.7. The Hall–Kier alpha value is -3.43. The highest BCUT2D eigenvalue weighted by Crippen LogP contribution is 2.45. The van der Waals surface area contributed by atoms with Crippen molar-refractivity contribution in [2.24, 2.45) is 0 Å². The molecule has 4 rings (SSSR count). The molecule has 1 unspecified atom stereocenters. The molecule has 6 heteroatoms. The van der Waals surface area contributed by atoms with Gasteiger partial charge in [-0.3, -0.25) is 9.59 Å². The maximum absolute atomic E-state index is 12.8. The number of para-hydroxylation sites is 1. The van der Waals surface area contributed by atoms with Crippen molar-refractivity contribution in [3.8, 4) is 6.07 Å². The van der Waals surface area contributed by atoms with E-state index in [1.807, 2.05) is 49.4 Å². The number of fused-ring (bicyclic) bond motifs is 1. The fourth-order valence-electron chi connectivity index (χ4n) is 3.50. The number of nitrogens with one attached hydrogen (secondary N) is 2. The van der Waals surface area contributed by atoms with Crippen LogP contribution in [0.2, 0.25) is 0 Å². The van der Waals surface area contributed by atoms with E-state index in [4.69, 9.17) is 5.26 Å². The maximum atomic E-state index is 12.8. The summed E-state index contributed by atoms with van der Waals surface area (Å²) in [5, 5.41) is 15.6. The lowest BCUT2D eigenvalue weighted by Crippen LogP contribution is -2.22. The zero-order valence-corrected chi connectivity index (χ0v) is 16.0. The Morgan fingerprint density at radius 1 is 1.18 bits per heavy atom. The molecule has 1 aromatic heterocycles. The van der Waals surface area contributed by atoms with E-state index in [0.29, 0.717) is 16.9 Å². The van der Waals surface area contributed by atoms with Gasteiger partial charge >= 0.3 is 0 Å². The molecule has 0 radical (unpaired) electrons. The fourth-order valence-corrected chi connectivity index (χ4v) is 4.69. The van der Waals surface area contributed by atoms with Crippen molar-refractivity contribution in [3.05, 3.63) is 81.7 Å². The van der Waals surface area contributed by atoms with Gasteiger partial charge < -0.3 is 10.6 Å². The average molecular weight is 387 g/mol. The van der Waals surface area contributed by atoms with E-state index < -0.39 is 0 Å². The number of carbonyl (C=O) groups excluding carboxylic acids is 2. The number of rotatable bonds is 3. The molecule has 0 saturated carbocycles. The predicted molar refractivity (Wildman–Crippen MR) is 110 cm³/mol. The first-order chi connectivity index (χ1) is 13.6.